The molecule has 5 heteroatoms. The number of aliphatic hydroxyl groups excluding tert-OH is 1. The largest absolute Gasteiger partial charge is 0.466 e. The Morgan fingerprint density at radius 2 is 1.45 bits per heavy atom. The summed E-state index contributed by atoms with van der Waals surface area (Å²) in [6.45, 7) is 9.10. The Kier molecular flexibility index (Phi) is 10.2. The maximum atomic E-state index is 12.1. The van der Waals surface area contributed by atoms with Gasteiger partial charge in [0.2, 0.25) is 0 Å². The molecule has 3 aromatic carbocycles. The van der Waals surface area contributed by atoms with E-state index in [-0.39, 0.29) is 17.3 Å². The number of aliphatic hydroxyl groups is 2. The second-order valence-corrected chi connectivity index (χ2v) is 11.8. The van der Waals surface area contributed by atoms with Crippen LogP contribution >= 0.6 is 0 Å². The monoisotopic (exact) mass is 543 g/mol. The summed E-state index contributed by atoms with van der Waals surface area (Å²) in [6.07, 6.45) is 3.26. The summed E-state index contributed by atoms with van der Waals surface area (Å²) < 4.78 is 5.12. The summed E-state index contributed by atoms with van der Waals surface area (Å²) in [7, 11) is 0. The molecule has 1 fully saturated rings. The van der Waals surface area contributed by atoms with Crippen LogP contribution in [0.2, 0.25) is 0 Å². The van der Waals surface area contributed by atoms with Gasteiger partial charge in [-0.05, 0) is 80.4 Å². The Balaban J connectivity index is 1.28. The van der Waals surface area contributed by atoms with Crippen LogP contribution in [0.3, 0.4) is 0 Å². The van der Waals surface area contributed by atoms with Gasteiger partial charge in [-0.1, -0.05) is 98.8 Å². The van der Waals surface area contributed by atoms with Crippen molar-refractivity contribution in [2.24, 2.45) is 5.92 Å². The Bertz CT molecular complexity index is 1150. The van der Waals surface area contributed by atoms with Crippen LogP contribution in [0.1, 0.15) is 81.2 Å². The number of likely N-dealkylation sites (tertiary alicyclic amines) is 1. The van der Waals surface area contributed by atoms with E-state index in [0.717, 1.165) is 61.2 Å². The predicted molar refractivity (Wildman–Crippen MR) is 160 cm³/mol. The van der Waals surface area contributed by atoms with E-state index in [4.69, 9.17) is 4.74 Å². The molecule has 1 aliphatic heterocycles. The second-order valence-electron chi connectivity index (χ2n) is 11.8. The lowest BCUT2D eigenvalue weighted by atomic mass is 9.72. The summed E-state index contributed by atoms with van der Waals surface area (Å²) in [4.78, 5) is 14.4. The van der Waals surface area contributed by atoms with Crippen LogP contribution in [0, 0.1) is 5.92 Å². The van der Waals surface area contributed by atoms with Crippen molar-refractivity contribution in [3.8, 4) is 0 Å². The van der Waals surface area contributed by atoms with Gasteiger partial charge in [-0.3, -0.25) is 4.79 Å². The molecule has 0 aliphatic carbocycles. The lowest BCUT2D eigenvalue weighted by Gasteiger charge is -2.42. The fraction of sp³-hybridized carbons (Fsp3) is 0.457. The number of benzene rings is 3. The van der Waals surface area contributed by atoms with E-state index in [0.29, 0.717) is 19.4 Å². The quantitative estimate of drug-likeness (QED) is 0.260. The molecule has 0 bridgehead atoms. The van der Waals surface area contributed by atoms with E-state index in [1.807, 2.05) is 106 Å². The Hall–Kier alpha value is -2.99. The molecule has 0 saturated carbocycles. The van der Waals surface area contributed by atoms with Gasteiger partial charge in [-0.2, -0.15) is 0 Å². The molecule has 2 N–H and O–H groups in total. The van der Waals surface area contributed by atoms with Gasteiger partial charge >= 0.3 is 5.97 Å². The molecular weight excluding hydrogens is 498 g/mol. The number of carbonyl (C=O) groups is 1. The zero-order valence-electron chi connectivity index (χ0n) is 24.3. The molecular formula is C35H45NO4. The molecule has 4 rings (SSSR count). The predicted octanol–water partition coefficient (Wildman–Crippen LogP) is 6.38. The molecule has 1 heterocycles. The van der Waals surface area contributed by atoms with Crippen molar-refractivity contribution in [3.63, 3.8) is 0 Å². The summed E-state index contributed by atoms with van der Waals surface area (Å²) in [6, 6.07) is 28.1. The van der Waals surface area contributed by atoms with Gasteiger partial charge in [-0.25, -0.2) is 0 Å². The number of ether oxygens (including phenoxy) is 1. The van der Waals surface area contributed by atoms with Crippen molar-refractivity contribution in [3.05, 3.63) is 107 Å². The maximum Gasteiger partial charge on any atom is 0.306 e. The van der Waals surface area contributed by atoms with E-state index in [2.05, 4.69) is 4.90 Å². The smallest absolute Gasteiger partial charge is 0.306 e. The van der Waals surface area contributed by atoms with Gasteiger partial charge in [0.05, 0.1) is 19.1 Å². The highest BCUT2D eigenvalue weighted by molar-refractivity contribution is 5.71. The number of rotatable bonds is 12. The molecule has 3 aromatic rings. The van der Waals surface area contributed by atoms with Crippen molar-refractivity contribution in [1.82, 2.24) is 4.90 Å². The molecule has 1 saturated heterocycles. The topological polar surface area (TPSA) is 70.0 Å². The third-order valence-corrected chi connectivity index (χ3v) is 8.53. The highest BCUT2D eigenvalue weighted by atomic mass is 16.5. The van der Waals surface area contributed by atoms with E-state index >= 15 is 0 Å². The zero-order valence-corrected chi connectivity index (χ0v) is 24.3. The molecule has 214 valence electrons. The Labute approximate surface area is 239 Å². The number of piperidine rings is 1. The van der Waals surface area contributed by atoms with Crippen LogP contribution < -0.4 is 0 Å². The summed E-state index contributed by atoms with van der Waals surface area (Å²) in [5, 5.41) is 22.9. The number of esters is 1. The molecule has 0 aromatic heterocycles. The Morgan fingerprint density at radius 3 is 1.98 bits per heavy atom. The molecule has 1 unspecified atom stereocenters. The Morgan fingerprint density at radius 1 is 0.900 bits per heavy atom. The minimum absolute atomic E-state index is 0.144. The number of nitrogens with zero attached hydrogens (tertiary/aromatic N) is 1. The number of carbonyl (C=O) groups excluding carboxylic acids is 1. The van der Waals surface area contributed by atoms with Gasteiger partial charge in [0.25, 0.3) is 0 Å². The number of hydrogen-bond acceptors (Lipinski definition) is 5. The summed E-state index contributed by atoms with van der Waals surface area (Å²) in [5.74, 6) is -0.0452. The summed E-state index contributed by atoms with van der Waals surface area (Å²) >= 11 is 0. The van der Waals surface area contributed by atoms with Gasteiger partial charge in [0, 0.05) is 5.41 Å². The van der Waals surface area contributed by atoms with Crippen molar-refractivity contribution < 1.29 is 19.7 Å². The number of hydrogen-bond donors (Lipinski definition) is 2. The summed E-state index contributed by atoms with van der Waals surface area (Å²) in [5.41, 5.74) is 2.56. The third-order valence-electron chi connectivity index (χ3n) is 8.53. The molecule has 0 amide bonds. The molecule has 5 nitrogen and oxygen atoms in total. The first-order valence-corrected chi connectivity index (χ1v) is 14.7. The fourth-order valence-corrected chi connectivity index (χ4v) is 6.10. The van der Waals surface area contributed by atoms with Crippen LogP contribution in [-0.2, 0) is 20.5 Å². The van der Waals surface area contributed by atoms with Crippen LogP contribution in [-0.4, -0.2) is 47.3 Å². The highest BCUT2D eigenvalue weighted by Gasteiger charge is 2.41. The minimum Gasteiger partial charge on any atom is -0.466 e. The average Bonchev–Trinajstić information content (AvgIpc) is 2.98. The molecule has 40 heavy (non-hydrogen) atoms. The first-order chi connectivity index (χ1) is 19.2. The maximum absolute atomic E-state index is 12.1. The molecule has 1 atom stereocenters. The average molecular weight is 544 g/mol. The van der Waals surface area contributed by atoms with Crippen LogP contribution in [0.5, 0.6) is 0 Å². The van der Waals surface area contributed by atoms with E-state index in [1.165, 1.54) is 0 Å². The van der Waals surface area contributed by atoms with E-state index in [9.17, 15) is 15.0 Å². The van der Waals surface area contributed by atoms with Crippen molar-refractivity contribution >= 4 is 5.97 Å². The van der Waals surface area contributed by atoms with Crippen molar-refractivity contribution in [1.29, 1.82) is 0 Å². The minimum atomic E-state index is -0.998. The molecule has 1 aliphatic rings. The second kappa shape index (κ2) is 13.6. The van der Waals surface area contributed by atoms with E-state index < -0.39 is 11.7 Å². The van der Waals surface area contributed by atoms with Crippen molar-refractivity contribution in [2.45, 2.75) is 70.0 Å². The van der Waals surface area contributed by atoms with Gasteiger partial charge in [-0.15, -0.1) is 0 Å². The standard InChI is InChI=1S/C35H45NO4/c1-4-40-33(38)26-34(2,3)28-19-17-27(18-20-28)32(37)16-11-23-36-24-21-31(22-25-36)35(39,29-12-7-5-8-13-29)30-14-9-6-10-15-30/h5-10,12-15,17-20,31-32,37,39H,4,11,16,21-26H2,1-3H3. The zero-order chi connectivity index (χ0) is 28.6. The van der Waals surface area contributed by atoms with Gasteiger partial charge < -0.3 is 19.8 Å². The highest BCUT2D eigenvalue weighted by Crippen LogP contribution is 2.42. The lowest BCUT2D eigenvalue weighted by Crippen LogP contribution is -2.44. The van der Waals surface area contributed by atoms with Crippen molar-refractivity contribution in [2.75, 3.05) is 26.2 Å². The van der Waals surface area contributed by atoms with Crippen LogP contribution in [0.25, 0.3) is 0 Å². The van der Waals surface area contributed by atoms with Gasteiger partial charge in [0.1, 0.15) is 5.60 Å². The van der Waals surface area contributed by atoms with Crippen LogP contribution in [0.4, 0.5) is 0 Å². The van der Waals surface area contributed by atoms with Gasteiger partial charge in [0.15, 0.2) is 0 Å². The van der Waals surface area contributed by atoms with E-state index in [1.54, 1.807) is 0 Å². The first-order valence-electron chi connectivity index (χ1n) is 14.7. The SMILES string of the molecule is CCOC(=O)CC(C)(C)c1ccc(C(O)CCCN2CCC(C(O)(c3ccccc3)c3ccccc3)CC2)cc1. The molecule has 0 radical (unpaired) electrons. The molecule has 0 spiro atoms. The van der Waals surface area contributed by atoms with Crippen LogP contribution in [0.15, 0.2) is 84.9 Å². The normalized spacial score (nSPS) is 16.0. The third kappa shape index (κ3) is 7.20. The lowest BCUT2D eigenvalue weighted by molar-refractivity contribution is -0.144. The fourth-order valence-electron chi connectivity index (χ4n) is 6.10. The first kappa shape index (κ1) is 30.0.